The molecule has 0 unspecified atom stereocenters. The summed E-state index contributed by atoms with van der Waals surface area (Å²) in [4.78, 5) is 24.4. The van der Waals surface area contributed by atoms with Gasteiger partial charge in [0.05, 0.1) is 27.4 Å². The van der Waals surface area contributed by atoms with Gasteiger partial charge in [-0.25, -0.2) is 8.42 Å². The standard InChI is InChI=1S/C22H25NO7S/c1-12(24)23-16-8-6-13-10-18(28-2)21(29-3)22(30-4)20(13)14-7-9-19(31(5,26)27)17(25)11-15(14)16/h7,9-11,16H,6,8H2,1-5H3,(H,23,24)/t16-/m0/s1. The van der Waals surface area contributed by atoms with Crippen molar-refractivity contribution in [3.63, 3.8) is 0 Å². The number of carbonyl (C=O) groups is 1. The van der Waals surface area contributed by atoms with Crippen molar-refractivity contribution in [1.29, 1.82) is 0 Å². The van der Waals surface area contributed by atoms with Crippen LogP contribution in [0.15, 0.2) is 34.0 Å². The number of carbonyl (C=O) groups excluding carboxylic acids is 1. The molecule has 0 aromatic heterocycles. The Bertz CT molecular complexity index is 1210. The van der Waals surface area contributed by atoms with Crippen LogP contribution in [0, 0.1) is 0 Å². The van der Waals surface area contributed by atoms with Crippen LogP contribution >= 0.6 is 0 Å². The second-order valence-corrected chi connectivity index (χ2v) is 9.30. The Morgan fingerprint density at radius 2 is 1.74 bits per heavy atom. The second-order valence-electron chi connectivity index (χ2n) is 7.32. The van der Waals surface area contributed by atoms with Gasteiger partial charge in [-0.3, -0.25) is 9.59 Å². The molecule has 0 fully saturated rings. The van der Waals surface area contributed by atoms with E-state index in [-0.39, 0.29) is 10.8 Å². The quantitative estimate of drug-likeness (QED) is 0.749. The molecule has 1 aliphatic rings. The molecule has 0 bridgehead atoms. The van der Waals surface area contributed by atoms with Gasteiger partial charge >= 0.3 is 0 Å². The van der Waals surface area contributed by atoms with E-state index in [9.17, 15) is 18.0 Å². The van der Waals surface area contributed by atoms with Crippen LogP contribution in [0.25, 0.3) is 11.1 Å². The summed E-state index contributed by atoms with van der Waals surface area (Å²) >= 11 is 0. The van der Waals surface area contributed by atoms with Gasteiger partial charge in [0.25, 0.3) is 0 Å². The molecule has 0 saturated carbocycles. The van der Waals surface area contributed by atoms with Crippen LogP contribution in [-0.4, -0.2) is 41.9 Å². The number of aryl methyl sites for hydroxylation is 1. The lowest BCUT2D eigenvalue weighted by atomic mass is 9.95. The van der Waals surface area contributed by atoms with Crippen molar-refractivity contribution in [2.45, 2.75) is 30.7 Å². The molecule has 0 radical (unpaired) electrons. The number of methoxy groups -OCH3 is 3. The number of ether oxygens (including phenoxy) is 3. The largest absolute Gasteiger partial charge is 0.493 e. The first-order valence-electron chi connectivity index (χ1n) is 9.60. The molecule has 0 aliphatic heterocycles. The minimum Gasteiger partial charge on any atom is -0.493 e. The molecular formula is C22H25NO7S. The van der Waals surface area contributed by atoms with Gasteiger partial charge in [0.2, 0.25) is 11.7 Å². The second kappa shape index (κ2) is 8.58. The lowest BCUT2D eigenvalue weighted by molar-refractivity contribution is -0.119. The topological polar surface area (TPSA) is 108 Å². The van der Waals surface area contributed by atoms with E-state index >= 15 is 0 Å². The third kappa shape index (κ3) is 4.23. The Morgan fingerprint density at radius 3 is 2.29 bits per heavy atom. The molecule has 1 N–H and O–H groups in total. The van der Waals surface area contributed by atoms with Gasteiger partial charge in [0.1, 0.15) is 4.90 Å². The van der Waals surface area contributed by atoms with E-state index in [0.29, 0.717) is 46.8 Å². The summed E-state index contributed by atoms with van der Waals surface area (Å²) in [6.45, 7) is 1.40. The van der Waals surface area contributed by atoms with Crippen LogP contribution in [-0.2, 0) is 21.1 Å². The maximum absolute atomic E-state index is 12.8. The molecule has 3 rings (SSSR count). The third-order valence-corrected chi connectivity index (χ3v) is 6.41. The van der Waals surface area contributed by atoms with Crippen molar-refractivity contribution in [3.05, 3.63) is 45.6 Å². The van der Waals surface area contributed by atoms with Crippen molar-refractivity contribution in [2.24, 2.45) is 0 Å². The Kier molecular flexibility index (Phi) is 6.26. The lowest BCUT2D eigenvalue weighted by Crippen LogP contribution is -2.26. The molecule has 9 heteroatoms. The molecule has 1 amide bonds. The number of hydrogen-bond donors (Lipinski definition) is 1. The molecule has 0 heterocycles. The monoisotopic (exact) mass is 447 g/mol. The van der Waals surface area contributed by atoms with Crippen molar-refractivity contribution >= 4 is 15.7 Å². The summed E-state index contributed by atoms with van der Waals surface area (Å²) in [5.74, 6) is 1.01. The highest BCUT2D eigenvalue weighted by Crippen LogP contribution is 2.50. The van der Waals surface area contributed by atoms with Crippen LogP contribution in [0.3, 0.4) is 0 Å². The van der Waals surface area contributed by atoms with Crippen molar-refractivity contribution in [1.82, 2.24) is 5.32 Å². The van der Waals surface area contributed by atoms with E-state index in [4.69, 9.17) is 14.2 Å². The first-order valence-corrected chi connectivity index (χ1v) is 11.5. The number of hydrogen-bond acceptors (Lipinski definition) is 7. The summed E-state index contributed by atoms with van der Waals surface area (Å²) in [6.07, 6.45) is 2.04. The van der Waals surface area contributed by atoms with Gasteiger partial charge in [-0.15, -0.1) is 0 Å². The van der Waals surface area contributed by atoms with Crippen LogP contribution in [0.4, 0.5) is 0 Å². The van der Waals surface area contributed by atoms with Gasteiger partial charge in [0.15, 0.2) is 26.8 Å². The van der Waals surface area contributed by atoms with E-state index in [1.807, 2.05) is 6.07 Å². The molecule has 2 aromatic rings. The van der Waals surface area contributed by atoms with Gasteiger partial charge in [-0.1, -0.05) is 6.07 Å². The van der Waals surface area contributed by atoms with E-state index < -0.39 is 21.3 Å². The molecular weight excluding hydrogens is 422 g/mol. The van der Waals surface area contributed by atoms with Crippen LogP contribution in [0.2, 0.25) is 0 Å². The maximum atomic E-state index is 12.8. The summed E-state index contributed by atoms with van der Waals surface area (Å²) in [6, 6.07) is 5.51. The van der Waals surface area contributed by atoms with Crippen LogP contribution in [0.5, 0.6) is 17.2 Å². The fraction of sp³-hybridized carbons (Fsp3) is 0.364. The molecule has 1 aliphatic carbocycles. The summed E-state index contributed by atoms with van der Waals surface area (Å²) in [7, 11) is 0.766. The Morgan fingerprint density at radius 1 is 1.06 bits per heavy atom. The van der Waals surface area contributed by atoms with Gasteiger partial charge in [-0.05, 0) is 47.7 Å². The first-order chi connectivity index (χ1) is 14.6. The average Bonchev–Trinajstić information content (AvgIpc) is 2.95. The zero-order valence-electron chi connectivity index (χ0n) is 18.1. The minimum atomic E-state index is -3.75. The molecule has 8 nitrogen and oxygen atoms in total. The van der Waals surface area contributed by atoms with E-state index in [2.05, 4.69) is 5.32 Å². The maximum Gasteiger partial charge on any atom is 0.217 e. The van der Waals surface area contributed by atoms with E-state index in [1.54, 1.807) is 6.07 Å². The number of nitrogens with one attached hydrogen (secondary N) is 1. The number of fused-ring (bicyclic) bond motifs is 3. The van der Waals surface area contributed by atoms with Crippen LogP contribution in [0.1, 0.15) is 30.5 Å². The summed E-state index contributed by atoms with van der Waals surface area (Å²) in [5, 5.41) is 2.88. The molecule has 166 valence electrons. The fourth-order valence-electron chi connectivity index (χ4n) is 4.00. The van der Waals surface area contributed by atoms with E-state index in [1.165, 1.54) is 40.4 Å². The third-order valence-electron chi connectivity index (χ3n) is 5.28. The Balaban J connectivity index is 2.47. The first kappa shape index (κ1) is 22.6. The highest BCUT2D eigenvalue weighted by Gasteiger charge is 2.29. The van der Waals surface area contributed by atoms with Crippen LogP contribution < -0.4 is 25.0 Å². The van der Waals surface area contributed by atoms with Gasteiger partial charge in [0, 0.05) is 18.7 Å². The number of rotatable bonds is 5. The normalized spacial score (nSPS) is 15.2. The Hall–Kier alpha value is -3.07. The Labute approximate surface area is 181 Å². The zero-order chi connectivity index (χ0) is 22.9. The number of benzene rings is 1. The smallest absolute Gasteiger partial charge is 0.217 e. The summed E-state index contributed by atoms with van der Waals surface area (Å²) < 4.78 is 41.0. The van der Waals surface area contributed by atoms with E-state index in [0.717, 1.165) is 11.8 Å². The minimum absolute atomic E-state index is 0.258. The molecule has 2 aromatic carbocycles. The summed E-state index contributed by atoms with van der Waals surface area (Å²) in [5.41, 5.74) is 1.98. The fourth-order valence-corrected chi connectivity index (χ4v) is 4.74. The van der Waals surface area contributed by atoms with Crippen molar-refractivity contribution in [3.8, 4) is 28.4 Å². The number of sulfone groups is 1. The molecule has 0 saturated heterocycles. The van der Waals surface area contributed by atoms with Crippen molar-refractivity contribution in [2.75, 3.05) is 27.6 Å². The highest BCUT2D eigenvalue weighted by atomic mass is 32.2. The predicted molar refractivity (Wildman–Crippen MR) is 116 cm³/mol. The molecule has 31 heavy (non-hydrogen) atoms. The van der Waals surface area contributed by atoms with Gasteiger partial charge < -0.3 is 19.5 Å². The zero-order valence-corrected chi connectivity index (χ0v) is 18.9. The van der Waals surface area contributed by atoms with Crippen molar-refractivity contribution < 1.29 is 27.4 Å². The molecule has 1 atom stereocenters. The SMILES string of the molecule is COc1cc2c(c(OC)c1OC)-c1ccc(S(C)(=O)=O)c(=O)cc1[C@@H](NC(C)=O)CC2. The predicted octanol–water partition coefficient (Wildman–Crippen LogP) is 2.27. The lowest BCUT2D eigenvalue weighted by Gasteiger charge is -2.19. The average molecular weight is 448 g/mol. The molecule has 0 spiro atoms. The highest BCUT2D eigenvalue weighted by molar-refractivity contribution is 7.90. The van der Waals surface area contributed by atoms with Gasteiger partial charge in [-0.2, -0.15) is 0 Å². The number of amides is 1.